The third kappa shape index (κ3) is 9.81. The number of carbonyl (C=O) groups excluding carboxylic acids is 3. The molecule has 0 saturated heterocycles. The molecule has 0 radical (unpaired) electrons. The summed E-state index contributed by atoms with van der Waals surface area (Å²) < 4.78 is 5.36. The van der Waals surface area contributed by atoms with Crippen molar-refractivity contribution in [1.29, 1.82) is 5.26 Å². The maximum absolute atomic E-state index is 13.9. The highest BCUT2D eigenvalue weighted by molar-refractivity contribution is 7.98. The Morgan fingerprint density at radius 3 is 2.14 bits per heavy atom. The molecule has 1 aromatic carbocycles. The molecule has 0 aliphatic heterocycles. The van der Waals surface area contributed by atoms with Crippen molar-refractivity contribution in [2.24, 2.45) is 0 Å². The monoisotopic (exact) mass is 504 g/mol. The SMILES string of the molecule is CSCCC(NC(=O)OC(C)(C)C)C(=O)N(CC#N)C(C(=O)NC(C)(C)C)c1c(C)cccc1C. The summed E-state index contributed by atoms with van der Waals surface area (Å²) in [5.41, 5.74) is 1.03. The fourth-order valence-electron chi connectivity index (χ4n) is 3.64. The van der Waals surface area contributed by atoms with Gasteiger partial charge in [0.25, 0.3) is 0 Å². The summed E-state index contributed by atoms with van der Waals surface area (Å²) in [7, 11) is 0. The van der Waals surface area contributed by atoms with Crippen molar-refractivity contribution >= 4 is 29.7 Å². The van der Waals surface area contributed by atoms with Crippen LogP contribution in [0.4, 0.5) is 4.79 Å². The Hall–Kier alpha value is -2.73. The molecule has 0 fully saturated rings. The van der Waals surface area contributed by atoms with Gasteiger partial charge in [0.1, 0.15) is 24.2 Å². The van der Waals surface area contributed by atoms with Crippen LogP contribution >= 0.6 is 11.8 Å². The minimum atomic E-state index is -1.04. The van der Waals surface area contributed by atoms with E-state index in [-0.39, 0.29) is 12.5 Å². The number of rotatable bonds is 9. The van der Waals surface area contributed by atoms with E-state index in [2.05, 4.69) is 10.6 Å². The van der Waals surface area contributed by atoms with Gasteiger partial charge in [0.15, 0.2) is 0 Å². The molecule has 8 nitrogen and oxygen atoms in total. The van der Waals surface area contributed by atoms with E-state index in [1.54, 1.807) is 20.8 Å². The summed E-state index contributed by atoms with van der Waals surface area (Å²) in [6.45, 7) is 14.2. The molecule has 9 heteroatoms. The summed E-state index contributed by atoms with van der Waals surface area (Å²) in [5, 5.41) is 15.3. The smallest absolute Gasteiger partial charge is 0.408 e. The van der Waals surface area contributed by atoms with E-state index >= 15 is 0 Å². The van der Waals surface area contributed by atoms with E-state index in [1.807, 2.05) is 65.1 Å². The highest BCUT2D eigenvalue weighted by atomic mass is 32.2. The number of nitrogens with zero attached hydrogens (tertiary/aromatic N) is 2. The number of nitriles is 1. The summed E-state index contributed by atoms with van der Waals surface area (Å²) in [6, 6.07) is 5.67. The highest BCUT2D eigenvalue weighted by Gasteiger charge is 2.38. The molecule has 0 heterocycles. The lowest BCUT2D eigenvalue weighted by atomic mass is 9.93. The summed E-state index contributed by atoms with van der Waals surface area (Å²) >= 11 is 1.53. The molecule has 0 spiro atoms. The number of aryl methyl sites for hydroxylation is 2. The molecular formula is C26H40N4O4S. The van der Waals surface area contributed by atoms with Crippen LogP contribution < -0.4 is 10.6 Å². The van der Waals surface area contributed by atoms with Crippen LogP contribution in [0.1, 0.15) is 70.7 Å². The van der Waals surface area contributed by atoms with E-state index in [0.29, 0.717) is 17.7 Å². The standard InChI is InChI=1S/C26H40N4O4S/c1-17-11-10-12-18(2)20(17)21(22(31)29-25(3,4)5)30(15-14-27)23(32)19(13-16-35-9)28-24(33)34-26(6,7)8/h10-12,19,21H,13,15-16H2,1-9H3,(H,28,33)(H,29,31). The number of hydrogen-bond donors (Lipinski definition) is 2. The maximum atomic E-state index is 13.9. The van der Waals surface area contributed by atoms with E-state index in [1.165, 1.54) is 16.7 Å². The Labute approximate surface area is 214 Å². The van der Waals surface area contributed by atoms with Gasteiger partial charge in [0, 0.05) is 5.54 Å². The molecule has 1 rings (SSSR count). The van der Waals surface area contributed by atoms with Crippen LogP contribution in [0, 0.1) is 25.2 Å². The number of hydrogen-bond acceptors (Lipinski definition) is 6. The molecular weight excluding hydrogens is 464 g/mol. The van der Waals surface area contributed by atoms with Crippen molar-refractivity contribution in [3.05, 3.63) is 34.9 Å². The molecule has 35 heavy (non-hydrogen) atoms. The fraction of sp³-hybridized carbons (Fsp3) is 0.615. The van der Waals surface area contributed by atoms with Gasteiger partial charge in [0.2, 0.25) is 11.8 Å². The zero-order valence-electron chi connectivity index (χ0n) is 22.4. The van der Waals surface area contributed by atoms with Crippen molar-refractivity contribution in [2.45, 2.75) is 85.0 Å². The fourth-order valence-corrected chi connectivity index (χ4v) is 4.11. The third-order valence-corrected chi connectivity index (χ3v) is 5.64. The lowest BCUT2D eigenvalue weighted by Gasteiger charge is -2.35. The predicted molar refractivity (Wildman–Crippen MR) is 140 cm³/mol. The number of amides is 3. The van der Waals surface area contributed by atoms with Crippen LogP contribution in [-0.4, -0.2) is 58.5 Å². The molecule has 0 saturated carbocycles. The Kier molecular flexibility index (Phi) is 11.1. The number of benzene rings is 1. The average molecular weight is 505 g/mol. The maximum Gasteiger partial charge on any atom is 0.408 e. The van der Waals surface area contributed by atoms with Crippen LogP contribution in [0.15, 0.2) is 18.2 Å². The first-order valence-corrected chi connectivity index (χ1v) is 13.0. The normalized spacial score (nSPS) is 13.3. The largest absolute Gasteiger partial charge is 0.444 e. The van der Waals surface area contributed by atoms with Crippen LogP contribution in [-0.2, 0) is 14.3 Å². The first kappa shape index (κ1) is 30.3. The summed E-state index contributed by atoms with van der Waals surface area (Å²) in [6.07, 6.45) is 1.50. The molecule has 2 unspecified atom stereocenters. The van der Waals surface area contributed by atoms with Crippen molar-refractivity contribution in [2.75, 3.05) is 18.6 Å². The molecule has 0 aliphatic carbocycles. The van der Waals surface area contributed by atoms with Gasteiger partial charge in [-0.1, -0.05) is 18.2 Å². The Morgan fingerprint density at radius 1 is 1.11 bits per heavy atom. The molecule has 3 amide bonds. The van der Waals surface area contributed by atoms with Gasteiger partial charge >= 0.3 is 6.09 Å². The quantitative estimate of drug-likeness (QED) is 0.486. The topological polar surface area (TPSA) is 112 Å². The van der Waals surface area contributed by atoms with E-state index in [0.717, 1.165) is 11.1 Å². The van der Waals surface area contributed by atoms with Gasteiger partial charge in [-0.05, 0) is 90.5 Å². The Bertz CT molecular complexity index is 924. The molecule has 2 N–H and O–H groups in total. The van der Waals surface area contributed by atoms with Gasteiger partial charge in [-0.3, -0.25) is 9.59 Å². The van der Waals surface area contributed by atoms with Crippen LogP contribution in [0.3, 0.4) is 0 Å². The van der Waals surface area contributed by atoms with Crippen LogP contribution in [0.5, 0.6) is 0 Å². The number of carbonyl (C=O) groups is 3. The van der Waals surface area contributed by atoms with Gasteiger partial charge in [0.05, 0.1) is 6.07 Å². The van der Waals surface area contributed by atoms with Gasteiger partial charge in [-0.25, -0.2) is 4.79 Å². The van der Waals surface area contributed by atoms with Crippen LogP contribution in [0.25, 0.3) is 0 Å². The zero-order valence-corrected chi connectivity index (χ0v) is 23.3. The predicted octanol–water partition coefficient (Wildman–Crippen LogP) is 4.26. The number of nitrogens with one attached hydrogen (secondary N) is 2. The zero-order chi connectivity index (χ0) is 27.0. The molecule has 194 valence electrons. The van der Waals surface area contributed by atoms with Gasteiger partial charge in [-0.2, -0.15) is 17.0 Å². The van der Waals surface area contributed by atoms with E-state index < -0.39 is 35.2 Å². The minimum Gasteiger partial charge on any atom is -0.444 e. The molecule has 0 aliphatic rings. The second kappa shape index (κ2) is 12.8. The first-order chi connectivity index (χ1) is 16.1. The summed E-state index contributed by atoms with van der Waals surface area (Å²) in [4.78, 5) is 41.3. The average Bonchev–Trinajstić information content (AvgIpc) is 2.69. The van der Waals surface area contributed by atoms with Crippen LogP contribution in [0.2, 0.25) is 0 Å². The van der Waals surface area contributed by atoms with Crippen molar-refractivity contribution in [3.63, 3.8) is 0 Å². The van der Waals surface area contributed by atoms with Crippen molar-refractivity contribution in [3.8, 4) is 6.07 Å². The van der Waals surface area contributed by atoms with Gasteiger partial charge < -0.3 is 20.3 Å². The second-order valence-electron chi connectivity index (χ2n) is 10.6. The number of thioether (sulfide) groups is 1. The third-order valence-electron chi connectivity index (χ3n) is 5.00. The number of ether oxygens (including phenoxy) is 1. The molecule has 0 bridgehead atoms. The van der Waals surface area contributed by atoms with E-state index in [9.17, 15) is 19.6 Å². The Morgan fingerprint density at radius 2 is 1.69 bits per heavy atom. The van der Waals surface area contributed by atoms with Gasteiger partial charge in [-0.15, -0.1) is 0 Å². The van der Waals surface area contributed by atoms with Crippen molar-refractivity contribution < 1.29 is 19.1 Å². The van der Waals surface area contributed by atoms with E-state index in [4.69, 9.17) is 4.74 Å². The Balaban J connectivity index is 3.55. The van der Waals surface area contributed by atoms with Crippen molar-refractivity contribution in [1.82, 2.24) is 15.5 Å². The minimum absolute atomic E-state index is 0.319. The summed E-state index contributed by atoms with van der Waals surface area (Å²) in [5.74, 6) is -0.308. The second-order valence-corrected chi connectivity index (χ2v) is 11.5. The lowest BCUT2D eigenvalue weighted by Crippen LogP contribution is -2.55. The number of alkyl carbamates (subject to hydrolysis) is 1. The molecule has 0 aromatic heterocycles. The lowest BCUT2D eigenvalue weighted by molar-refractivity contribution is -0.142. The first-order valence-electron chi connectivity index (χ1n) is 11.6. The molecule has 1 aromatic rings. The highest BCUT2D eigenvalue weighted by Crippen LogP contribution is 2.29. The molecule has 2 atom stereocenters.